The van der Waals surface area contributed by atoms with Crippen LogP contribution in [0.15, 0.2) is 39.0 Å². The molecule has 0 saturated carbocycles. The molecule has 1 heterocycles. The number of rotatable bonds is 5. The lowest BCUT2D eigenvalue weighted by Crippen LogP contribution is -2.14. The molecule has 8 heteroatoms. The zero-order chi connectivity index (χ0) is 15.6. The zero-order valence-electron chi connectivity index (χ0n) is 11.0. The van der Waals surface area contributed by atoms with Crippen molar-refractivity contribution in [2.45, 2.75) is 17.6 Å². The molecule has 1 aromatic heterocycles. The summed E-state index contributed by atoms with van der Waals surface area (Å²) in [6, 6.07) is 7.62. The van der Waals surface area contributed by atoms with Crippen LogP contribution in [0, 0.1) is 0 Å². The quantitative estimate of drug-likeness (QED) is 0.818. The van der Waals surface area contributed by atoms with Crippen molar-refractivity contribution in [3.05, 3.63) is 45.2 Å². The van der Waals surface area contributed by atoms with Crippen molar-refractivity contribution in [3.8, 4) is 0 Å². The van der Waals surface area contributed by atoms with Crippen molar-refractivity contribution in [1.29, 1.82) is 0 Å². The minimum atomic E-state index is -3.78. The number of carboxylic acid groups (broad SMARTS) is 1. The minimum Gasteiger partial charge on any atom is -0.478 e. The molecule has 2 N–H and O–H groups in total. The predicted octanol–water partition coefficient (Wildman–Crippen LogP) is 3.57. The van der Waals surface area contributed by atoms with Crippen LogP contribution in [0.1, 0.15) is 22.2 Å². The summed E-state index contributed by atoms with van der Waals surface area (Å²) in [5.41, 5.74) is -0.0719. The molecular weight excluding hydrogens is 378 g/mol. The summed E-state index contributed by atoms with van der Waals surface area (Å²) in [5, 5.41) is 9.15. The van der Waals surface area contributed by atoms with Gasteiger partial charge in [-0.2, -0.15) is 0 Å². The Balaban J connectivity index is 2.39. The Bertz CT molecular complexity index is 783. The molecule has 1 aromatic carbocycles. The standard InChI is InChI=1S/C13H12BrNO4S2/c1-2-9-4-6-12(20-9)21(18,19)15-11-5-3-8(14)7-10(11)13(16)17/h3-7,15H,2H2,1H3,(H,16,17). The van der Waals surface area contributed by atoms with Crippen LogP contribution in [-0.2, 0) is 16.4 Å². The van der Waals surface area contributed by atoms with Gasteiger partial charge in [-0.3, -0.25) is 4.72 Å². The van der Waals surface area contributed by atoms with Gasteiger partial charge >= 0.3 is 5.97 Å². The van der Waals surface area contributed by atoms with Crippen molar-refractivity contribution in [2.75, 3.05) is 4.72 Å². The maximum Gasteiger partial charge on any atom is 0.337 e. The molecule has 21 heavy (non-hydrogen) atoms. The van der Waals surface area contributed by atoms with Crippen LogP contribution in [-0.4, -0.2) is 19.5 Å². The molecule has 0 aliphatic rings. The normalized spacial score (nSPS) is 11.3. The highest BCUT2D eigenvalue weighted by atomic mass is 79.9. The number of benzene rings is 1. The van der Waals surface area contributed by atoms with E-state index in [2.05, 4.69) is 20.7 Å². The first-order valence-corrected chi connectivity index (χ1v) is 9.07. The lowest BCUT2D eigenvalue weighted by molar-refractivity contribution is 0.0698. The smallest absolute Gasteiger partial charge is 0.337 e. The molecule has 0 bridgehead atoms. The topological polar surface area (TPSA) is 83.5 Å². The molecule has 2 rings (SSSR count). The lowest BCUT2D eigenvalue weighted by atomic mass is 10.2. The number of hydrogen-bond donors (Lipinski definition) is 2. The number of aromatic carboxylic acids is 1. The van der Waals surface area contributed by atoms with E-state index in [9.17, 15) is 13.2 Å². The van der Waals surface area contributed by atoms with E-state index in [1.54, 1.807) is 12.1 Å². The van der Waals surface area contributed by atoms with E-state index in [4.69, 9.17) is 5.11 Å². The molecule has 5 nitrogen and oxygen atoms in total. The number of anilines is 1. The van der Waals surface area contributed by atoms with E-state index in [-0.39, 0.29) is 15.5 Å². The second-order valence-corrected chi connectivity index (χ2v) is 8.17. The van der Waals surface area contributed by atoms with Crippen LogP contribution in [0.2, 0.25) is 0 Å². The molecule has 0 saturated heterocycles. The van der Waals surface area contributed by atoms with Gasteiger partial charge < -0.3 is 5.11 Å². The molecule has 0 radical (unpaired) electrons. The van der Waals surface area contributed by atoms with Gasteiger partial charge in [0.1, 0.15) is 4.21 Å². The third-order valence-electron chi connectivity index (χ3n) is 2.71. The zero-order valence-corrected chi connectivity index (χ0v) is 14.2. The highest BCUT2D eigenvalue weighted by Gasteiger charge is 2.20. The number of thiophene rings is 1. The highest BCUT2D eigenvalue weighted by molar-refractivity contribution is 9.10. The van der Waals surface area contributed by atoms with Crippen LogP contribution in [0.5, 0.6) is 0 Å². The second-order valence-electron chi connectivity index (χ2n) is 4.17. The van der Waals surface area contributed by atoms with Crippen molar-refractivity contribution in [1.82, 2.24) is 0 Å². The van der Waals surface area contributed by atoms with Crippen LogP contribution in [0.4, 0.5) is 5.69 Å². The molecular formula is C13H12BrNO4S2. The lowest BCUT2D eigenvalue weighted by Gasteiger charge is -2.09. The second kappa shape index (κ2) is 6.17. The summed E-state index contributed by atoms with van der Waals surface area (Å²) in [5.74, 6) is -1.20. The van der Waals surface area contributed by atoms with Gasteiger partial charge in [-0.15, -0.1) is 11.3 Å². The van der Waals surface area contributed by atoms with E-state index in [1.165, 1.54) is 29.5 Å². The minimum absolute atomic E-state index is 0.0390. The van der Waals surface area contributed by atoms with Crippen molar-refractivity contribution in [3.63, 3.8) is 0 Å². The van der Waals surface area contributed by atoms with Crippen molar-refractivity contribution < 1.29 is 18.3 Å². The molecule has 0 aliphatic heterocycles. The van der Waals surface area contributed by atoms with Crippen LogP contribution < -0.4 is 4.72 Å². The molecule has 0 spiro atoms. The van der Waals surface area contributed by atoms with Crippen LogP contribution >= 0.6 is 27.3 Å². The SMILES string of the molecule is CCc1ccc(S(=O)(=O)Nc2ccc(Br)cc2C(=O)O)s1. The Kier molecular flexibility index (Phi) is 4.70. The number of aryl methyl sites for hydroxylation is 1. The first-order chi connectivity index (χ1) is 9.83. The monoisotopic (exact) mass is 389 g/mol. The highest BCUT2D eigenvalue weighted by Crippen LogP contribution is 2.27. The molecule has 0 unspecified atom stereocenters. The number of hydrogen-bond acceptors (Lipinski definition) is 4. The summed E-state index contributed by atoms with van der Waals surface area (Å²) in [6.45, 7) is 1.94. The summed E-state index contributed by atoms with van der Waals surface area (Å²) in [7, 11) is -3.78. The van der Waals surface area contributed by atoms with E-state index >= 15 is 0 Å². The number of sulfonamides is 1. The van der Waals surface area contributed by atoms with Gasteiger partial charge in [0, 0.05) is 9.35 Å². The Labute approximate surface area is 134 Å². The van der Waals surface area contributed by atoms with E-state index in [1.807, 2.05) is 6.92 Å². The van der Waals surface area contributed by atoms with Crippen molar-refractivity contribution in [2.24, 2.45) is 0 Å². The fourth-order valence-corrected chi connectivity index (χ4v) is 4.41. The first kappa shape index (κ1) is 16.0. The van der Waals surface area contributed by atoms with Crippen LogP contribution in [0.3, 0.4) is 0 Å². The largest absolute Gasteiger partial charge is 0.478 e. The van der Waals surface area contributed by atoms with Gasteiger partial charge in [-0.05, 0) is 36.8 Å². The van der Waals surface area contributed by atoms with E-state index in [0.29, 0.717) is 4.47 Å². The molecule has 112 valence electrons. The first-order valence-electron chi connectivity index (χ1n) is 5.98. The van der Waals surface area contributed by atoms with Gasteiger partial charge in [0.25, 0.3) is 10.0 Å². The van der Waals surface area contributed by atoms with E-state index in [0.717, 1.165) is 11.3 Å². The van der Waals surface area contributed by atoms with Crippen molar-refractivity contribution >= 4 is 48.9 Å². The van der Waals surface area contributed by atoms with E-state index < -0.39 is 16.0 Å². The number of nitrogens with one attached hydrogen (secondary N) is 1. The summed E-state index contributed by atoms with van der Waals surface area (Å²) >= 11 is 4.33. The van der Waals surface area contributed by atoms with Gasteiger partial charge in [0.2, 0.25) is 0 Å². The third-order valence-corrected chi connectivity index (χ3v) is 6.29. The number of carbonyl (C=O) groups is 1. The maximum atomic E-state index is 12.3. The number of halogens is 1. The predicted molar refractivity (Wildman–Crippen MR) is 85.6 cm³/mol. The fraction of sp³-hybridized carbons (Fsp3) is 0.154. The maximum absolute atomic E-state index is 12.3. The average Bonchev–Trinajstić information content (AvgIpc) is 2.90. The van der Waals surface area contributed by atoms with Gasteiger partial charge in [-0.1, -0.05) is 22.9 Å². The molecule has 0 aliphatic carbocycles. The van der Waals surface area contributed by atoms with Gasteiger partial charge in [0.05, 0.1) is 11.3 Å². The Hall–Kier alpha value is -1.38. The Morgan fingerprint density at radius 3 is 2.62 bits per heavy atom. The van der Waals surface area contributed by atoms with Gasteiger partial charge in [-0.25, -0.2) is 13.2 Å². The third kappa shape index (κ3) is 3.63. The van der Waals surface area contributed by atoms with Gasteiger partial charge in [0.15, 0.2) is 0 Å². The Morgan fingerprint density at radius 2 is 2.05 bits per heavy atom. The molecule has 0 fully saturated rings. The summed E-state index contributed by atoms with van der Waals surface area (Å²) < 4.78 is 27.6. The molecule has 0 amide bonds. The summed E-state index contributed by atoms with van der Waals surface area (Å²) in [6.07, 6.45) is 0.749. The molecule has 0 atom stereocenters. The average molecular weight is 390 g/mol. The summed E-state index contributed by atoms with van der Waals surface area (Å²) in [4.78, 5) is 12.1. The fourth-order valence-electron chi connectivity index (χ4n) is 1.67. The Morgan fingerprint density at radius 1 is 1.33 bits per heavy atom. The van der Waals surface area contributed by atoms with Crippen LogP contribution in [0.25, 0.3) is 0 Å². The molecule has 2 aromatic rings. The number of carboxylic acids is 1.